The molecule has 2 aromatic rings. The Morgan fingerprint density at radius 3 is 2.70 bits per heavy atom. The SMILES string of the molecule is Cc1cc(NC2CCCC2)nc(N2CCc3ccccc3C2)n1. The second kappa shape index (κ2) is 6.19. The molecule has 1 saturated carbocycles. The molecular weight excluding hydrogens is 284 g/mol. The number of hydrogen-bond acceptors (Lipinski definition) is 4. The molecule has 2 heterocycles. The zero-order valence-corrected chi connectivity index (χ0v) is 13.8. The van der Waals surface area contributed by atoms with Crippen LogP contribution < -0.4 is 10.2 Å². The van der Waals surface area contributed by atoms with Crippen LogP contribution in [0.5, 0.6) is 0 Å². The van der Waals surface area contributed by atoms with E-state index in [1.54, 1.807) is 0 Å². The third-order valence-corrected chi connectivity index (χ3v) is 4.96. The highest BCUT2D eigenvalue weighted by Gasteiger charge is 2.20. The van der Waals surface area contributed by atoms with Gasteiger partial charge in [0.1, 0.15) is 5.82 Å². The molecule has 4 rings (SSSR count). The number of fused-ring (bicyclic) bond motifs is 1. The third kappa shape index (κ3) is 3.16. The number of hydrogen-bond donors (Lipinski definition) is 1. The normalized spacial score (nSPS) is 18.0. The van der Waals surface area contributed by atoms with E-state index in [2.05, 4.69) is 52.5 Å². The summed E-state index contributed by atoms with van der Waals surface area (Å²) in [5.74, 6) is 1.85. The predicted molar refractivity (Wildman–Crippen MR) is 93.8 cm³/mol. The Kier molecular flexibility index (Phi) is 3.90. The third-order valence-electron chi connectivity index (χ3n) is 4.96. The van der Waals surface area contributed by atoms with Crippen LogP contribution in [0.4, 0.5) is 11.8 Å². The highest BCUT2D eigenvalue weighted by atomic mass is 15.3. The predicted octanol–water partition coefficient (Wildman–Crippen LogP) is 3.70. The second-order valence-corrected chi connectivity index (χ2v) is 6.76. The molecule has 0 saturated heterocycles. The van der Waals surface area contributed by atoms with Gasteiger partial charge in [0.05, 0.1) is 0 Å². The maximum absolute atomic E-state index is 4.80. The van der Waals surface area contributed by atoms with Crippen molar-refractivity contribution in [3.8, 4) is 0 Å². The van der Waals surface area contributed by atoms with Crippen molar-refractivity contribution in [2.75, 3.05) is 16.8 Å². The molecule has 1 fully saturated rings. The molecule has 120 valence electrons. The minimum Gasteiger partial charge on any atom is -0.367 e. The molecule has 2 aliphatic rings. The van der Waals surface area contributed by atoms with Gasteiger partial charge in [-0.1, -0.05) is 37.1 Å². The van der Waals surface area contributed by atoms with Crippen LogP contribution in [0.25, 0.3) is 0 Å². The Hall–Kier alpha value is -2.10. The van der Waals surface area contributed by atoms with Gasteiger partial charge in [-0.15, -0.1) is 0 Å². The van der Waals surface area contributed by atoms with E-state index >= 15 is 0 Å². The average molecular weight is 308 g/mol. The fraction of sp³-hybridized carbons (Fsp3) is 0.474. The summed E-state index contributed by atoms with van der Waals surface area (Å²) in [5.41, 5.74) is 3.89. The number of benzene rings is 1. The Bertz CT molecular complexity index is 692. The van der Waals surface area contributed by atoms with E-state index in [4.69, 9.17) is 4.98 Å². The van der Waals surface area contributed by atoms with Crippen LogP contribution in [0.1, 0.15) is 42.5 Å². The first-order chi connectivity index (χ1) is 11.3. The Balaban J connectivity index is 1.55. The molecule has 4 nitrogen and oxygen atoms in total. The van der Waals surface area contributed by atoms with E-state index < -0.39 is 0 Å². The van der Waals surface area contributed by atoms with Crippen LogP contribution in [0.2, 0.25) is 0 Å². The number of aromatic nitrogens is 2. The topological polar surface area (TPSA) is 41.1 Å². The number of nitrogens with zero attached hydrogens (tertiary/aromatic N) is 3. The van der Waals surface area contributed by atoms with Crippen LogP contribution in [0.3, 0.4) is 0 Å². The van der Waals surface area contributed by atoms with Crippen LogP contribution >= 0.6 is 0 Å². The van der Waals surface area contributed by atoms with Gasteiger partial charge in [-0.05, 0) is 37.3 Å². The first kappa shape index (κ1) is 14.5. The number of aryl methyl sites for hydroxylation is 1. The number of rotatable bonds is 3. The van der Waals surface area contributed by atoms with Gasteiger partial charge < -0.3 is 10.2 Å². The van der Waals surface area contributed by atoms with E-state index in [0.717, 1.165) is 37.0 Å². The lowest BCUT2D eigenvalue weighted by Gasteiger charge is -2.29. The van der Waals surface area contributed by atoms with Crippen molar-refractivity contribution in [1.82, 2.24) is 9.97 Å². The molecule has 1 aromatic carbocycles. The summed E-state index contributed by atoms with van der Waals surface area (Å²) in [4.78, 5) is 11.8. The lowest BCUT2D eigenvalue weighted by molar-refractivity contribution is 0.702. The van der Waals surface area contributed by atoms with E-state index in [1.807, 2.05) is 0 Å². The zero-order chi connectivity index (χ0) is 15.6. The lowest BCUT2D eigenvalue weighted by Crippen LogP contribution is -2.32. The molecule has 23 heavy (non-hydrogen) atoms. The van der Waals surface area contributed by atoms with Crippen LogP contribution in [-0.4, -0.2) is 22.6 Å². The highest BCUT2D eigenvalue weighted by molar-refractivity contribution is 5.46. The monoisotopic (exact) mass is 308 g/mol. The summed E-state index contributed by atoms with van der Waals surface area (Å²) in [7, 11) is 0. The molecule has 1 aliphatic heterocycles. The first-order valence-electron chi connectivity index (χ1n) is 8.72. The van der Waals surface area contributed by atoms with Gasteiger partial charge in [-0.3, -0.25) is 0 Å². The van der Waals surface area contributed by atoms with Crippen molar-refractivity contribution in [1.29, 1.82) is 0 Å². The van der Waals surface area contributed by atoms with Crippen molar-refractivity contribution < 1.29 is 0 Å². The van der Waals surface area contributed by atoms with Crippen LogP contribution in [-0.2, 0) is 13.0 Å². The maximum atomic E-state index is 4.80. The van der Waals surface area contributed by atoms with Gasteiger partial charge in [0.25, 0.3) is 0 Å². The molecule has 0 amide bonds. The maximum Gasteiger partial charge on any atom is 0.227 e. The highest BCUT2D eigenvalue weighted by Crippen LogP contribution is 2.25. The fourth-order valence-corrected chi connectivity index (χ4v) is 3.71. The van der Waals surface area contributed by atoms with Gasteiger partial charge >= 0.3 is 0 Å². The summed E-state index contributed by atoms with van der Waals surface area (Å²) in [5, 5.41) is 3.60. The average Bonchev–Trinajstić information content (AvgIpc) is 3.07. The quantitative estimate of drug-likeness (QED) is 0.938. The van der Waals surface area contributed by atoms with Crippen molar-refractivity contribution in [3.05, 3.63) is 47.2 Å². The van der Waals surface area contributed by atoms with E-state index in [-0.39, 0.29) is 0 Å². The van der Waals surface area contributed by atoms with E-state index in [9.17, 15) is 0 Å². The standard InChI is InChI=1S/C19H24N4/c1-14-12-18(21-17-8-4-5-9-17)22-19(20-14)23-11-10-15-6-2-3-7-16(15)13-23/h2-3,6-7,12,17H,4-5,8-11,13H2,1H3,(H,20,21,22). The van der Waals surface area contributed by atoms with Gasteiger partial charge in [0, 0.05) is 30.9 Å². The Morgan fingerprint density at radius 1 is 1.09 bits per heavy atom. The largest absolute Gasteiger partial charge is 0.367 e. The minimum atomic E-state index is 0.583. The Morgan fingerprint density at radius 2 is 1.87 bits per heavy atom. The molecule has 0 unspecified atom stereocenters. The molecule has 0 radical (unpaired) electrons. The molecule has 0 bridgehead atoms. The Labute approximate surface area is 138 Å². The molecule has 0 atom stereocenters. The molecule has 1 aromatic heterocycles. The molecule has 4 heteroatoms. The van der Waals surface area contributed by atoms with E-state index in [0.29, 0.717) is 6.04 Å². The van der Waals surface area contributed by atoms with Crippen LogP contribution in [0, 0.1) is 6.92 Å². The van der Waals surface area contributed by atoms with E-state index in [1.165, 1.54) is 36.8 Å². The first-order valence-corrected chi connectivity index (χ1v) is 8.72. The van der Waals surface area contributed by atoms with Gasteiger partial charge in [-0.25, -0.2) is 4.98 Å². The smallest absolute Gasteiger partial charge is 0.227 e. The summed E-state index contributed by atoms with van der Waals surface area (Å²) >= 11 is 0. The molecule has 1 N–H and O–H groups in total. The number of anilines is 2. The van der Waals surface area contributed by atoms with Crippen molar-refractivity contribution in [2.45, 2.75) is 51.6 Å². The minimum absolute atomic E-state index is 0.583. The van der Waals surface area contributed by atoms with Gasteiger partial charge in [0.15, 0.2) is 0 Å². The van der Waals surface area contributed by atoms with Gasteiger partial charge in [-0.2, -0.15) is 4.98 Å². The summed E-state index contributed by atoms with van der Waals surface area (Å²) in [6.07, 6.45) is 6.25. The summed E-state index contributed by atoms with van der Waals surface area (Å²) < 4.78 is 0. The summed E-state index contributed by atoms with van der Waals surface area (Å²) in [6, 6.07) is 11.3. The summed E-state index contributed by atoms with van der Waals surface area (Å²) in [6.45, 7) is 3.95. The zero-order valence-electron chi connectivity index (χ0n) is 13.8. The van der Waals surface area contributed by atoms with Gasteiger partial charge in [0.2, 0.25) is 5.95 Å². The molecular formula is C19H24N4. The molecule has 0 spiro atoms. The van der Waals surface area contributed by atoms with Crippen molar-refractivity contribution in [2.24, 2.45) is 0 Å². The van der Waals surface area contributed by atoms with Crippen molar-refractivity contribution >= 4 is 11.8 Å². The van der Waals surface area contributed by atoms with Crippen LogP contribution in [0.15, 0.2) is 30.3 Å². The second-order valence-electron chi connectivity index (χ2n) is 6.76. The van der Waals surface area contributed by atoms with Crippen molar-refractivity contribution in [3.63, 3.8) is 0 Å². The fourth-order valence-electron chi connectivity index (χ4n) is 3.71. The number of nitrogens with one attached hydrogen (secondary N) is 1. The lowest BCUT2D eigenvalue weighted by atomic mass is 10.0. The molecule has 1 aliphatic carbocycles.